The minimum atomic E-state index is -4.74. The van der Waals surface area contributed by atoms with E-state index in [1.165, 1.54) is 23.8 Å². The van der Waals surface area contributed by atoms with Gasteiger partial charge in [-0.2, -0.15) is 0 Å². The summed E-state index contributed by atoms with van der Waals surface area (Å²) < 4.78 is 59.7. The Morgan fingerprint density at radius 3 is 2.26 bits per heavy atom. The lowest BCUT2D eigenvalue weighted by molar-refractivity contribution is -0.274. The molecule has 2 amide bonds. The van der Waals surface area contributed by atoms with Crippen molar-refractivity contribution in [3.05, 3.63) is 78.2 Å². The summed E-state index contributed by atoms with van der Waals surface area (Å²) in [7, 11) is 0. The van der Waals surface area contributed by atoms with Crippen molar-refractivity contribution in [2.24, 2.45) is 17.6 Å². The Bertz CT molecular complexity index is 1910. The molecule has 3 saturated heterocycles. The molecular weight excluding hydrogens is 688 g/mol. The van der Waals surface area contributed by atoms with Crippen LogP contribution in [0.5, 0.6) is 5.75 Å². The summed E-state index contributed by atoms with van der Waals surface area (Å²) >= 11 is 0. The molecule has 0 aliphatic carbocycles. The quantitative estimate of drug-likeness (QED) is 0.112. The van der Waals surface area contributed by atoms with Crippen molar-refractivity contribution in [1.29, 1.82) is 0 Å². The van der Waals surface area contributed by atoms with Gasteiger partial charge in [-0.15, -0.1) is 13.2 Å². The highest BCUT2D eigenvalue weighted by Gasteiger charge is 2.32. The first kappa shape index (κ1) is 36.7. The normalized spacial score (nSPS) is 19.5. The molecule has 53 heavy (non-hydrogen) atoms. The van der Waals surface area contributed by atoms with Crippen molar-refractivity contribution in [2.45, 2.75) is 70.4 Å². The van der Waals surface area contributed by atoms with E-state index in [1.54, 1.807) is 24.3 Å². The third-order valence-corrected chi connectivity index (χ3v) is 11.1. The van der Waals surface area contributed by atoms with E-state index >= 15 is 4.39 Å². The molecule has 1 aromatic heterocycles. The Morgan fingerprint density at radius 1 is 0.887 bits per heavy atom. The molecule has 7 rings (SSSR count). The number of ether oxygens (including phenoxy) is 1. The van der Waals surface area contributed by atoms with Crippen LogP contribution >= 0.6 is 0 Å². The largest absolute Gasteiger partial charge is 0.573 e. The monoisotopic (exact) mass is 734 g/mol. The number of likely N-dealkylation sites (tertiary alicyclic amines) is 1. The van der Waals surface area contributed by atoms with E-state index in [2.05, 4.69) is 54.1 Å². The van der Waals surface area contributed by atoms with E-state index < -0.39 is 12.4 Å². The Morgan fingerprint density at radius 2 is 1.60 bits per heavy atom. The van der Waals surface area contributed by atoms with Crippen molar-refractivity contribution >= 4 is 34.1 Å². The number of nitrogens with zero attached hydrogens (tertiary/aromatic N) is 3. The van der Waals surface area contributed by atoms with Crippen molar-refractivity contribution in [3.63, 3.8) is 0 Å². The van der Waals surface area contributed by atoms with Gasteiger partial charge in [-0.05, 0) is 124 Å². The van der Waals surface area contributed by atoms with Gasteiger partial charge in [0.2, 0.25) is 11.8 Å². The van der Waals surface area contributed by atoms with Gasteiger partial charge in [0.05, 0.1) is 5.69 Å². The predicted octanol–water partition coefficient (Wildman–Crippen LogP) is 7.04. The standard InChI is InChI=1S/C40H46F4N6O3/c41-34-23-30(46-35-8-11-38(51)47-39(35)52)5-10-37(34)49-20-14-28(15-21-49)27-12-18-48(19-13-27)24-26-2-9-36-32(22-26)33(25-50(36)17-1-16-45)29-3-6-31(7-4-29)53-40(42,43)44/h2-7,9-10,22-23,25,27-28,35,46H,1,8,11-21,24,45H2,(H,47,51,52). The second-order valence-corrected chi connectivity index (χ2v) is 14.6. The molecule has 1 unspecified atom stereocenters. The number of nitrogens with two attached hydrogens (primary N) is 1. The number of aryl methyl sites for hydroxylation is 1. The fourth-order valence-corrected chi connectivity index (χ4v) is 8.29. The SMILES string of the molecule is NCCCn1cc(-c2ccc(OC(F)(F)F)cc2)c2cc(CN3CCC(C4CCN(c5ccc(NC6CCC(=O)NC6=O)cc5F)CC4)CC3)ccc21. The van der Waals surface area contributed by atoms with E-state index in [1.807, 2.05) is 0 Å². The fourth-order valence-electron chi connectivity index (χ4n) is 8.29. The molecule has 3 aliphatic heterocycles. The maximum Gasteiger partial charge on any atom is 0.573 e. The first-order valence-electron chi connectivity index (χ1n) is 18.6. The zero-order valence-electron chi connectivity index (χ0n) is 29.6. The third-order valence-electron chi connectivity index (χ3n) is 11.1. The number of imide groups is 1. The van der Waals surface area contributed by atoms with Gasteiger partial charge in [0, 0.05) is 61.0 Å². The molecule has 4 heterocycles. The van der Waals surface area contributed by atoms with Gasteiger partial charge in [-0.1, -0.05) is 18.2 Å². The number of hydrogen-bond donors (Lipinski definition) is 3. The summed E-state index contributed by atoms with van der Waals surface area (Å²) in [6.45, 7) is 5.74. The molecule has 1 atom stereocenters. The minimum Gasteiger partial charge on any atom is -0.406 e. The molecule has 0 spiro atoms. The second kappa shape index (κ2) is 15.8. The van der Waals surface area contributed by atoms with E-state index in [0.717, 1.165) is 93.4 Å². The predicted molar refractivity (Wildman–Crippen MR) is 197 cm³/mol. The number of piperidine rings is 3. The third kappa shape index (κ3) is 8.79. The van der Waals surface area contributed by atoms with Crippen LogP contribution in [0.15, 0.2) is 66.9 Å². The van der Waals surface area contributed by atoms with Crippen LogP contribution in [0, 0.1) is 17.7 Å². The molecule has 0 bridgehead atoms. The number of anilines is 2. The number of carbonyl (C=O) groups excluding carboxylic acids is 2. The zero-order chi connectivity index (χ0) is 37.1. The van der Waals surface area contributed by atoms with Crippen molar-refractivity contribution < 1.29 is 31.9 Å². The van der Waals surface area contributed by atoms with Crippen LogP contribution in [0.4, 0.5) is 28.9 Å². The molecule has 3 aromatic carbocycles. The van der Waals surface area contributed by atoms with Crippen LogP contribution in [-0.2, 0) is 22.7 Å². The number of benzene rings is 3. The van der Waals surface area contributed by atoms with Crippen LogP contribution in [-0.4, -0.2) is 66.4 Å². The molecule has 9 nitrogen and oxygen atoms in total. The number of nitrogens with one attached hydrogen (secondary N) is 2. The van der Waals surface area contributed by atoms with Gasteiger partial charge in [0.25, 0.3) is 0 Å². The molecule has 0 saturated carbocycles. The van der Waals surface area contributed by atoms with Crippen molar-refractivity contribution in [3.8, 4) is 16.9 Å². The van der Waals surface area contributed by atoms with E-state index in [4.69, 9.17) is 5.73 Å². The topological polar surface area (TPSA) is 105 Å². The first-order chi connectivity index (χ1) is 25.5. The highest BCUT2D eigenvalue weighted by atomic mass is 19.4. The second-order valence-electron chi connectivity index (χ2n) is 14.6. The van der Waals surface area contributed by atoms with Crippen LogP contribution in [0.25, 0.3) is 22.0 Å². The Labute approximate surface area is 306 Å². The van der Waals surface area contributed by atoms with Crippen LogP contribution in [0.3, 0.4) is 0 Å². The minimum absolute atomic E-state index is 0.246. The van der Waals surface area contributed by atoms with Crippen molar-refractivity contribution in [2.75, 3.05) is 42.9 Å². The Balaban J connectivity index is 0.935. The average molecular weight is 735 g/mol. The van der Waals surface area contributed by atoms with Crippen molar-refractivity contribution in [1.82, 2.24) is 14.8 Å². The number of carbonyl (C=O) groups is 2. The fraction of sp³-hybridized carbons (Fsp3) is 0.450. The smallest absolute Gasteiger partial charge is 0.406 e. The van der Waals surface area contributed by atoms with Gasteiger partial charge in [0.15, 0.2) is 0 Å². The average Bonchev–Trinajstić information content (AvgIpc) is 3.49. The van der Waals surface area contributed by atoms with E-state index in [9.17, 15) is 22.8 Å². The highest BCUT2D eigenvalue weighted by molar-refractivity contribution is 6.01. The molecule has 4 aromatic rings. The number of alkyl halides is 3. The summed E-state index contributed by atoms with van der Waals surface area (Å²) in [6.07, 6.45) is 3.06. The summed E-state index contributed by atoms with van der Waals surface area (Å²) in [5, 5.41) is 6.44. The van der Waals surface area contributed by atoms with Gasteiger partial charge in [-0.3, -0.25) is 19.8 Å². The van der Waals surface area contributed by atoms with Gasteiger partial charge >= 0.3 is 6.36 Å². The first-order valence-corrected chi connectivity index (χ1v) is 18.6. The summed E-state index contributed by atoms with van der Waals surface area (Å²) in [4.78, 5) is 28.2. The van der Waals surface area contributed by atoms with E-state index in [0.29, 0.717) is 36.2 Å². The molecule has 13 heteroatoms. The number of rotatable bonds is 11. The Kier molecular flexibility index (Phi) is 10.9. The molecule has 4 N–H and O–H groups in total. The van der Waals surface area contributed by atoms with Gasteiger partial charge < -0.3 is 25.3 Å². The lowest BCUT2D eigenvalue weighted by Gasteiger charge is -2.41. The number of hydrogen-bond acceptors (Lipinski definition) is 7. The summed E-state index contributed by atoms with van der Waals surface area (Å²) in [6, 6.07) is 17.0. The maximum atomic E-state index is 15.2. The Hall–Kier alpha value is -4.62. The maximum absolute atomic E-state index is 15.2. The van der Waals surface area contributed by atoms with Gasteiger partial charge in [-0.25, -0.2) is 4.39 Å². The highest BCUT2D eigenvalue weighted by Crippen LogP contribution is 2.37. The molecule has 3 aliphatic rings. The van der Waals surface area contributed by atoms with Crippen LogP contribution in [0.2, 0.25) is 0 Å². The van der Waals surface area contributed by atoms with Gasteiger partial charge in [0.1, 0.15) is 17.6 Å². The van der Waals surface area contributed by atoms with Crippen LogP contribution < -0.4 is 26.0 Å². The lowest BCUT2D eigenvalue weighted by Crippen LogP contribution is -2.47. The molecular formula is C40H46F4N6O3. The van der Waals surface area contributed by atoms with E-state index in [-0.39, 0.29) is 29.8 Å². The number of amides is 2. The van der Waals surface area contributed by atoms with Crippen LogP contribution in [0.1, 0.15) is 50.5 Å². The summed E-state index contributed by atoms with van der Waals surface area (Å²) in [5.74, 6) is 0.00431. The molecule has 3 fully saturated rings. The lowest BCUT2D eigenvalue weighted by atomic mass is 9.78. The number of halogens is 4. The molecule has 0 radical (unpaired) electrons. The summed E-state index contributed by atoms with van der Waals surface area (Å²) in [5.41, 5.74) is 10.9. The molecule has 282 valence electrons. The number of aromatic nitrogens is 1. The number of fused-ring (bicyclic) bond motifs is 1. The zero-order valence-corrected chi connectivity index (χ0v) is 29.6.